The topological polar surface area (TPSA) is 41.9 Å². The van der Waals surface area contributed by atoms with Gasteiger partial charge in [-0.2, -0.15) is 10.1 Å². The highest BCUT2D eigenvalue weighted by Crippen LogP contribution is 2.33. The normalized spacial score (nSPS) is 15.6. The number of ether oxygens (including phenoxy) is 1. The van der Waals surface area contributed by atoms with Crippen LogP contribution >= 0.6 is 0 Å². The summed E-state index contributed by atoms with van der Waals surface area (Å²) < 4.78 is 61.2. The van der Waals surface area contributed by atoms with Crippen LogP contribution in [-0.2, 0) is 4.79 Å². The van der Waals surface area contributed by atoms with Crippen LogP contribution in [-0.4, -0.2) is 18.7 Å². The minimum absolute atomic E-state index is 0.0370. The van der Waals surface area contributed by atoms with Gasteiger partial charge in [0.05, 0.1) is 18.4 Å². The van der Waals surface area contributed by atoms with E-state index in [-0.39, 0.29) is 11.3 Å². The maximum absolute atomic E-state index is 14.2. The number of hydrazone groups is 1. The summed E-state index contributed by atoms with van der Waals surface area (Å²) in [6.45, 7) is 2.35. The second kappa shape index (κ2) is 7.90. The zero-order chi connectivity index (χ0) is 21.3. The lowest BCUT2D eigenvalue weighted by molar-refractivity contribution is -0.114. The zero-order valence-electron chi connectivity index (χ0n) is 15.8. The van der Waals surface area contributed by atoms with E-state index in [1.807, 2.05) is 0 Å². The Labute approximate surface area is 164 Å². The lowest BCUT2D eigenvalue weighted by atomic mass is 10.1. The summed E-state index contributed by atoms with van der Waals surface area (Å²) >= 11 is 0. The number of nitrogens with zero attached hydrogens (tertiary/aromatic N) is 2. The van der Waals surface area contributed by atoms with Gasteiger partial charge < -0.3 is 4.74 Å². The summed E-state index contributed by atoms with van der Waals surface area (Å²) in [5.74, 6) is -6.72. The highest BCUT2D eigenvalue weighted by molar-refractivity contribution is 6.29. The number of hydrogen-bond donors (Lipinski definition) is 0. The molecule has 0 saturated heterocycles. The number of anilines is 1. The molecule has 150 valence electrons. The summed E-state index contributed by atoms with van der Waals surface area (Å²) in [6, 6.07) is 7.10. The molecule has 1 aliphatic heterocycles. The average molecular weight is 404 g/mol. The smallest absolute Gasteiger partial charge is 0.280 e. The van der Waals surface area contributed by atoms with Crippen molar-refractivity contribution < 1.29 is 27.1 Å². The monoisotopic (exact) mass is 404 g/mol. The second-order valence-electron chi connectivity index (χ2n) is 6.24. The SMILES string of the molecule is COc1ccc(/C=C\C=C2\C(=O)N(c3c(F)c(F)c(C)c(F)c3F)N=C2C)cc1. The molecule has 0 unspecified atom stereocenters. The summed E-state index contributed by atoms with van der Waals surface area (Å²) in [5, 5.41) is 4.10. The summed E-state index contributed by atoms with van der Waals surface area (Å²) in [4.78, 5) is 12.6. The third kappa shape index (κ3) is 3.65. The first kappa shape index (κ1) is 20.3. The van der Waals surface area contributed by atoms with E-state index in [0.717, 1.165) is 12.5 Å². The van der Waals surface area contributed by atoms with Gasteiger partial charge in [0.2, 0.25) is 0 Å². The van der Waals surface area contributed by atoms with E-state index < -0.39 is 40.4 Å². The molecule has 2 aromatic rings. The molecule has 0 fully saturated rings. The fourth-order valence-corrected chi connectivity index (χ4v) is 2.75. The van der Waals surface area contributed by atoms with Crippen LogP contribution in [0.15, 0.2) is 47.1 Å². The van der Waals surface area contributed by atoms with E-state index in [4.69, 9.17) is 4.74 Å². The highest BCUT2D eigenvalue weighted by atomic mass is 19.2. The van der Waals surface area contributed by atoms with Gasteiger partial charge in [0.25, 0.3) is 5.91 Å². The maximum atomic E-state index is 14.2. The van der Waals surface area contributed by atoms with Gasteiger partial charge in [-0.25, -0.2) is 17.6 Å². The van der Waals surface area contributed by atoms with Crippen LogP contribution in [0.4, 0.5) is 23.2 Å². The van der Waals surface area contributed by atoms with Gasteiger partial charge in [-0.1, -0.05) is 24.3 Å². The molecule has 1 aliphatic rings. The van der Waals surface area contributed by atoms with Crippen LogP contribution in [0.25, 0.3) is 6.08 Å². The van der Waals surface area contributed by atoms with Crippen molar-refractivity contribution in [2.24, 2.45) is 5.10 Å². The molecule has 0 aliphatic carbocycles. The van der Waals surface area contributed by atoms with E-state index in [2.05, 4.69) is 5.10 Å². The first-order chi connectivity index (χ1) is 13.8. The molecule has 0 atom stereocenters. The van der Waals surface area contributed by atoms with Gasteiger partial charge in [0, 0.05) is 5.56 Å². The molecule has 0 saturated carbocycles. The van der Waals surface area contributed by atoms with Gasteiger partial charge in [-0.15, -0.1) is 0 Å². The lowest BCUT2D eigenvalue weighted by Gasteiger charge is -2.15. The van der Waals surface area contributed by atoms with Crippen molar-refractivity contribution >= 4 is 23.4 Å². The molecule has 0 radical (unpaired) electrons. The number of rotatable bonds is 4. The van der Waals surface area contributed by atoms with Gasteiger partial charge in [0.1, 0.15) is 11.4 Å². The fourth-order valence-electron chi connectivity index (χ4n) is 2.75. The van der Waals surface area contributed by atoms with E-state index >= 15 is 0 Å². The molecule has 1 heterocycles. The van der Waals surface area contributed by atoms with Gasteiger partial charge in [-0.05, 0) is 37.6 Å². The third-order valence-corrected chi connectivity index (χ3v) is 4.40. The molecular formula is C21H16F4N2O2. The number of allylic oxidation sites excluding steroid dienone is 2. The quantitative estimate of drug-likeness (QED) is 0.412. The molecule has 0 aromatic heterocycles. The molecule has 2 aromatic carbocycles. The van der Waals surface area contributed by atoms with E-state index in [1.54, 1.807) is 43.5 Å². The molecule has 0 N–H and O–H groups in total. The number of methoxy groups -OCH3 is 1. The summed E-state index contributed by atoms with van der Waals surface area (Å²) in [6.07, 6.45) is 4.66. The minimum atomic E-state index is -1.68. The predicted octanol–water partition coefficient (Wildman–Crippen LogP) is 4.92. The van der Waals surface area contributed by atoms with E-state index in [0.29, 0.717) is 10.8 Å². The summed E-state index contributed by atoms with van der Waals surface area (Å²) in [5.41, 5.74) is -0.990. The average Bonchev–Trinajstić information content (AvgIpc) is 2.99. The predicted molar refractivity (Wildman–Crippen MR) is 102 cm³/mol. The number of halogens is 4. The lowest BCUT2D eigenvalue weighted by Crippen LogP contribution is -2.25. The van der Waals surface area contributed by atoms with Crippen LogP contribution in [0.5, 0.6) is 5.75 Å². The van der Waals surface area contributed by atoms with Crippen LogP contribution in [0, 0.1) is 30.2 Å². The van der Waals surface area contributed by atoms with E-state index in [1.165, 1.54) is 13.0 Å². The number of hydrogen-bond acceptors (Lipinski definition) is 3. The number of benzene rings is 2. The van der Waals surface area contributed by atoms with Crippen LogP contribution in [0.2, 0.25) is 0 Å². The number of carbonyl (C=O) groups excluding carboxylic acids is 1. The van der Waals surface area contributed by atoms with Crippen LogP contribution < -0.4 is 9.75 Å². The molecule has 1 amide bonds. The Morgan fingerprint density at radius 2 is 1.55 bits per heavy atom. The van der Waals surface area contributed by atoms with Gasteiger partial charge >= 0.3 is 0 Å². The Balaban J connectivity index is 1.91. The van der Waals surface area contributed by atoms with Crippen molar-refractivity contribution in [3.8, 4) is 5.75 Å². The maximum Gasteiger partial charge on any atom is 0.280 e. The van der Waals surface area contributed by atoms with Crippen molar-refractivity contribution in [1.29, 1.82) is 0 Å². The Morgan fingerprint density at radius 1 is 0.966 bits per heavy atom. The standard InChI is InChI=1S/C21H16F4N2O2/c1-11-16(22)18(24)20(19(25)17(11)23)27-21(28)15(12(2)26-27)6-4-5-13-7-9-14(29-3)10-8-13/h4-10H,1-3H3/b5-4-,15-6+. The number of amides is 1. The molecule has 0 spiro atoms. The fraction of sp³-hybridized carbons (Fsp3) is 0.143. The molecule has 0 bridgehead atoms. The second-order valence-corrected chi connectivity index (χ2v) is 6.24. The molecular weight excluding hydrogens is 388 g/mol. The summed E-state index contributed by atoms with van der Waals surface area (Å²) in [7, 11) is 1.55. The van der Waals surface area contributed by atoms with Crippen molar-refractivity contribution in [2.45, 2.75) is 13.8 Å². The van der Waals surface area contributed by atoms with Crippen molar-refractivity contribution in [3.63, 3.8) is 0 Å². The number of carbonyl (C=O) groups is 1. The van der Waals surface area contributed by atoms with Crippen LogP contribution in [0.1, 0.15) is 18.1 Å². The van der Waals surface area contributed by atoms with Gasteiger partial charge in [-0.3, -0.25) is 4.79 Å². The molecule has 3 rings (SSSR count). The van der Waals surface area contributed by atoms with Crippen molar-refractivity contribution in [3.05, 3.63) is 76.4 Å². The Morgan fingerprint density at radius 3 is 2.10 bits per heavy atom. The Kier molecular flexibility index (Phi) is 5.54. The Bertz CT molecular complexity index is 1040. The first-order valence-electron chi connectivity index (χ1n) is 8.51. The zero-order valence-corrected chi connectivity index (χ0v) is 15.8. The molecule has 8 heteroatoms. The molecule has 4 nitrogen and oxygen atoms in total. The minimum Gasteiger partial charge on any atom is -0.497 e. The van der Waals surface area contributed by atoms with Crippen LogP contribution in [0.3, 0.4) is 0 Å². The third-order valence-electron chi connectivity index (χ3n) is 4.40. The Hall–Kier alpha value is -3.42. The largest absolute Gasteiger partial charge is 0.497 e. The highest BCUT2D eigenvalue weighted by Gasteiger charge is 2.35. The van der Waals surface area contributed by atoms with E-state index in [9.17, 15) is 22.4 Å². The first-order valence-corrected chi connectivity index (χ1v) is 8.51. The van der Waals surface area contributed by atoms with Crippen molar-refractivity contribution in [1.82, 2.24) is 0 Å². The van der Waals surface area contributed by atoms with Gasteiger partial charge in [0.15, 0.2) is 23.3 Å². The van der Waals surface area contributed by atoms with Crippen molar-refractivity contribution in [2.75, 3.05) is 12.1 Å². The molecule has 29 heavy (non-hydrogen) atoms.